The van der Waals surface area contributed by atoms with E-state index < -0.39 is 6.10 Å². The molecular weight excluding hydrogens is 478 g/mol. The molecule has 2 aromatic heterocycles. The monoisotopic (exact) mass is 503 g/mol. The Kier molecular flexibility index (Phi) is 6.46. The number of fused-ring (bicyclic) bond motifs is 2. The summed E-state index contributed by atoms with van der Waals surface area (Å²) in [7, 11) is 0. The summed E-state index contributed by atoms with van der Waals surface area (Å²) >= 11 is 7.98. The van der Waals surface area contributed by atoms with Gasteiger partial charge in [0.05, 0.1) is 10.5 Å². The van der Waals surface area contributed by atoms with Gasteiger partial charge in [-0.05, 0) is 56.0 Å². The van der Waals surface area contributed by atoms with Crippen LogP contribution in [0.2, 0.25) is 5.02 Å². The number of pyridine rings is 1. The largest absolute Gasteiger partial charge is 0.454 e. The van der Waals surface area contributed by atoms with Gasteiger partial charge < -0.3 is 29.8 Å². The lowest BCUT2D eigenvalue weighted by Crippen LogP contribution is -2.43. The zero-order valence-electron chi connectivity index (χ0n) is 18.7. The van der Waals surface area contributed by atoms with Crippen molar-refractivity contribution >= 4 is 46.1 Å². The molecule has 2 aliphatic heterocycles. The second-order valence-electron chi connectivity index (χ2n) is 8.58. The maximum Gasteiger partial charge on any atom is 0.251 e. The molecule has 3 N–H and O–H groups in total. The van der Waals surface area contributed by atoms with E-state index in [0.29, 0.717) is 46.9 Å². The predicted molar refractivity (Wildman–Crippen MR) is 129 cm³/mol. The van der Waals surface area contributed by atoms with Crippen LogP contribution in [0.4, 0.5) is 5.82 Å². The molecule has 1 amide bonds. The highest BCUT2D eigenvalue weighted by Gasteiger charge is 2.26. The van der Waals surface area contributed by atoms with Crippen LogP contribution in [0.25, 0.3) is 11.0 Å². The van der Waals surface area contributed by atoms with Crippen LogP contribution in [0.1, 0.15) is 26.2 Å². The van der Waals surface area contributed by atoms with Crippen molar-refractivity contribution in [3.63, 3.8) is 0 Å². The molecule has 0 bridgehead atoms. The third kappa shape index (κ3) is 4.49. The highest BCUT2D eigenvalue weighted by molar-refractivity contribution is 7.99. The molecule has 3 aromatic rings. The summed E-state index contributed by atoms with van der Waals surface area (Å²) in [6.45, 7) is 3.79. The van der Waals surface area contributed by atoms with Gasteiger partial charge in [-0.2, -0.15) is 0 Å². The second-order valence-corrected chi connectivity index (χ2v) is 10.00. The molecule has 0 spiro atoms. The topological polar surface area (TPSA) is 116 Å². The first kappa shape index (κ1) is 23.1. The molecule has 0 saturated carbocycles. The van der Waals surface area contributed by atoms with Crippen molar-refractivity contribution in [2.24, 2.45) is 5.92 Å². The lowest BCUT2D eigenvalue weighted by molar-refractivity contribution is -0.140. The van der Waals surface area contributed by atoms with Gasteiger partial charge in [-0.1, -0.05) is 11.6 Å². The summed E-state index contributed by atoms with van der Waals surface area (Å²) in [5.74, 6) is 1.97. The van der Waals surface area contributed by atoms with Crippen LogP contribution in [-0.2, 0) is 11.3 Å². The third-order valence-electron chi connectivity index (χ3n) is 6.33. The SMILES string of the molecule is C[C@H](O)C(=O)N1CCC(CCn2c(Sc3cc4c(cc3Cl)OCO4)nc3c(N)nccc32)CC1. The van der Waals surface area contributed by atoms with Crippen LogP contribution in [0.5, 0.6) is 11.5 Å². The first-order valence-corrected chi connectivity index (χ1v) is 12.4. The van der Waals surface area contributed by atoms with Crippen molar-refractivity contribution in [3.8, 4) is 11.5 Å². The number of likely N-dealkylation sites (tertiary alicyclic amines) is 1. The minimum atomic E-state index is -0.949. The Hall–Kier alpha value is -2.69. The smallest absolute Gasteiger partial charge is 0.251 e. The molecule has 180 valence electrons. The maximum absolute atomic E-state index is 12.1. The number of benzene rings is 1. The number of amides is 1. The van der Waals surface area contributed by atoms with Crippen molar-refractivity contribution < 1.29 is 19.4 Å². The summed E-state index contributed by atoms with van der Waals surface area (Å²) in [6, 6.07) is 5.56. The molecule has 0 unspecified atom stereocenters. The summed E-state index contributed by atoms with van der Waals surface area (Å²) < 4.78 is 13.1. The predicted octanol–water partition coefficient (Wildman–Crippen LogP) is 3.56. The van der Waals surface area contributed by atoms with E-state index >= 15 is 0 Å². The summed E-state index contributed by atoms with van der Waals surface area (Å²) in [6.07, 6.45) is 3.50. The van der Waals surface area contributed by atoms with Gasteiger partial charge in [-0.25, -0.2) is 9.97 Å². The number of halogens is 1. The molecule has 1 aromatic carbocycles. The van der Waals surface area contributed by atoms with Gasteiger partial charge >= 0.3 is 0 Å². The van der Waals surface area contributed by atoms with Crippen molar-refractivity contribution in [1.29, 1.82) is 0 Å². The van der Waals surface area contributed by atoms with E-state index in [2.05, 4.69) is 9.55 Å². The number of piperidine rings is 1. The van der Waals surface area contributed by atoms with Gasteiger partial charge in [-0.15, -0.1) is 0 Å². The molecule has 34 heavy (non-hydrogen) atoms. The minimum Gasteiger partial charge on any atom is -0.454 e. The van der Waals surface area contributed by atoms with Gasteiger partial charge in [-0.3, -0.25) is 4.79 Å². The number of hydrogen-bond acceptors (Lipinski definition) is 8. The molecule has 0 aliphatic carbocycles. The number of imidazole rings is 1. The fourth-order valence-electron chi connectivity index (χ4n) is 4.44. The van der Waals surface area contributed by atoms with Crippen molar-refractivity contribution in [2.75, 3.05) is 25.6 Å². The first-order valence-electron chi connectivity index (χ1n) is 11.2. The Morgan fingerprint density at radius 1 is 1.32 bits per heavy atom. The number of aliphatic hydroxyl groups excluding tert-OH is 1. The van der Waals surface area contributed by atoms with E-state index in [-0.39, 0.29) is 12.7 Å². The van der Waals surface area contributed by atoms with Gasteiger partial charge in [0.15, 0.2) is 22.5 Å². The lowest BCUT2D eigenvalue weighted by atomic mass is 9.93. The van der Waals surface area contributed by atoms with E-state index in [1.165, 1.54) is 18.7 Å². The number of ether oxygens (including phenoxy) is 2. The number of rotatable bonds is 6. The molecule has 9 nitrogen and oxygen atoms in total. The van der Waals surface area contributed by atoms with Crippen LogP contribution in [0.15, 0.2) is 34.4 Å². The highest BCUT2D eigenvalue weighted by Crippen LogP contribution is 2.43. The quantitative estimate of drug-likeness (QED) is 0.524. The Morgan fingerprint density at radius 2 is 2.06 bits per heavy atom. The number of aryl methyl sites for hydroxylation is 1. The van der Waals surface area contributed by atoms with Gasteiger partial charge in [0, 0.05) is 36.8 Å². The van der Waals surface area contributed by atoms with Gasteiger partial charge in [0.1, 0.15) is 11.6 Å². The lowest BCUT2D eigenvalue weighted by Gasteiger charge is -2.32. The minimum absolute atomic E-state index is 0.183. The van der Waals surface area contributed by atoms with E-state index in [1.54, 1.807) is 17.2 Å². The molecule has 2 aliphatic rings. The van der Waals surface area contributed by atoms with Gasteiger partial charge in [0.25, 0.3) is 5.91 Å². The maximum atomic E-state index is 12.1. The number of hydrogen-bond donors (Lipinski definition) is 2. The van der Waals surface area contributed by atoms with Crippen molar-refractivity contribution in [3.05, 3.63) is 29.4 Å². The number of nitrogens with two attached hydrogens (primary N) is 1. The van der Waals surface area contributed by atoms with Crippen molar-refractivity contribution in [1.82, 2.24) is 19.4 Å². The Balaban J connectivity index is 1.36. The summed E-state index contributed by atoms with van der Waals surface area (Å²) in [5, 5.41) is 10.9. The Labute approximate surface area is 206 Å². The van der Waals surface area contributed by atoms with Crippen LogP contribution >= 0.6 is 23.4 Å². The van der Waals surface area contributed by atoms with Crippen LogP contribution < -0.4 is 15.2 Å². The van der Waals surface area contributed by atoms with E-state index in [9.17, 15) is 9.90 Å². The molecule has 1 atom stereocenters. The number of anilines is 1. The fourth-order valence-corrected chi connectivity index (χ4v) is 5.66. The molecule has 1 fully saturated rings. The number of carbonyl (C=O) groups is 1. The third-order valence-corrected chi connectivity index (χ3v) is 7.81. The number of aromatic nitrogens is 3. The normalized spacial score (nSPS) is 16.9. The van der Waals surface area contributed by atoms with E-state index in [0.717, 1.165) is 41.4 Å². The van der Waals surface area contributed by atoms with E-state index in [4.69, 9.17) is 31.8 Å². The molecule has 4 heterocycles. The summed E-state index contributed by atoms with van der Waals surface area (Å²) in [4.78, 5) is 23.6. The van der Waals surface area contributed by atoms with Crippen LogP contribution in [0.3, 0.4) is 0 Å². The fraction of sp³-hybridized carbons (Fsp3) is 0.435. The standard InChI is InChI=1S/C23H26ClN5O4S/c1-13(30)22(31)28-7-3-14(4-8-28)5-9-29-16-2-6-26-21(25)20(16)27-23(29)34-19-11-18-17(10-15(19)24)32-12-33-18/h2,6,10-11,13-14,30H,3-5,7-9,12H2,1H3,(H2,25,26)/t13-/m0/s1. The zero-order valence-corrected chi connectivity index (χ0v) is 20.3. The number of aliphatic hydroxyl groups is 1. The molecule has 1 saturated heterocycles. The molecular formula is C23H26ClN5O4S. The first-order chi connectivity index (χ1) is 16.4. The highest BCUT2D eigenvalue weighted by atomic mass is 35.5. The van der Waals surface area contributed by atoms with Crippen LogP contribution in [-0.4, -0.2) is 56.4 Å². The van der Waals surface area contributed by atoms with Crippen LogP contribution in [0, 0.1) is 5.92 Å². The molecule has 5 rings (SSSR count). The number of carbonyl (C=O) groups excluding carboxylic acids is 1. The average Bonchev–Trinajstić information content (AvgIpc) is 3.42. The summed E-state index contributed by atoms with van der Waals surface area (Å²) in [5.41, 5.74) is 7.72. The Morgan fingerprint density at radius 3 is 2.79 bits per heavy atom. The number of nitrogens with zero attached hydrogens (tertiary/aromatic N) is 4. The second kappa shape index (κ2) is 9.52. The Bertz CT molecular complexity index is 1230. The number of nitrogen functional groups attached to an aromatic ring is 1. The van der Waals surface area contributed by atoms with Crippen molar-refractivity contribution in [2.45, 2.75) is 48.9 Å². The van der Waals surface area contributed by atoms with Gasteiger partial charge in [0.2, 0.25) is 6.79 Å². The molecule has 11 heteroatoms. The average molecular weight is 504 g/mol. The zero-order chi connectivity index (χ0) is 23.8. The van der Waals surface area contributed by atoms with E-state index in [1.807, 2.05) is 12.1 Å². The molecule has 0 radical (unpaired) electrons.